The lowest BCUT2D eigenvalue weighted by Gasteiger charge is -2.15. The monoisotopic (exact) mass is 328 g/mol. The minimum absolute atomic E-state index is 0.0383. The van der Waals surface area contributed by atoms with Gasteiger partial charge in [-0.05, 0) is 31.5 Å². The molecule has 0 amide bonds. The summed E-state index contributed by atoms with van der Waals surface area (Å²) < 4.78 is 27.3. The standard InChI is InChI=1S/C15H21ClN2O2S/c1-3-4-5-6-7-12(2)18-21(19,20)15-10-13(11-17)8-9-14(15)16/h8-10,12,18H,3-7H2,1-2H3. The SMILES string of the molecule is CCCCCCC(C)NS(=O)(=O)c1cc(C#N)ccc1Cl. The molecule has 0 fully saturated rings. The predicted molar refractivity (Wildman–Crippen MR) is 84.7 cm³/mol. The van der Waals surface area contributed by atoms with E-state index in [0.29, 0.717) is 0 Å². The maximum Gasteiger partial charge on any atom is 0.242 e. The lowest BCUT2D eigenvalue weighted by Crippen LogP contribution is -2.32. The number of nitrogens with one attached hydrogen (secondary N) is 1. The number of rotatable bonds is 8. The normalized spacial score (nSPS) is 12.9. The summed E-state index contributed by atoms with van der Waals surface area (Å²) in [6.07, 6.45) is 5.19. The quantitative estimate of drug-likeness (QED) is 0.737. The van der Waals surface area contributed by atoms with Crippen LogP contribution in [0.3, 0.4) is 0 Å². The van der Waals surface area contributed by atoms with Crippen molar-refractivity contribution in [3.05, 3.63) is 28.8 Å². The van der Waals surface area contributed by atoms with Crippen molar-refractivity contribution in [2.45, 2.75) is 56.9 Å². The van der Waals surface area contributed by atoms with Gasteiger partial charge in [0, 0.05) is 6.04 Å². The molecule has 1 N–H and O–H groups in total. The molecule has 1 aromatic carbocycles. The zero-order valence-electron chi connectivity index (χ0n) is 12.4. The van der Waals surface area contributed by atoms with Crippen molar-refractivity contribution in [2.75, 3.05) is 0 Å². The summed E-state index contributed by atoms with van der Waals surface area (Å²) >= 11 is 5.94. The fraction of sp³-hybridized carbons (Fsp3) is 0.533. The molecule has 0 aliphatic rings. The average Bonchev–Trinajstić information content (AvgIpc) is 2.43. The molecule has 1 aromatic rings. The molecule has 0 aliphatic heterocycles. The molecule has 1 unspecified atom stereocenters. The molecule has 0 saturated heterocycles. The summed E-state index contributed by atoms with van der Waals surface area (Å²) in [5, 5.41) is 8.98. The highest BCUT2D eigenvalue weighted by atomic mass is 35.5. The molecule has 6 heteroatoms. The highest BCUT2D eigenvalue weighted by Gasteiger charge is 2.20. The van der Waals surface area contributed by atoms with Crippen LogP contribution in [-0.4, -0.2) is 14.5 Å². The molecule has 4 nitrogen and oxygen atoms in total. The first-order valence-corrected chi connectivity index (χ1v) is 8.98. The smallest absolute Gasteiger partial charge is 0.208 e. The van der Waals surface area contributed by atoms with Crippen LogP contribution < -0.4 is 4.72 Å². The van der Waals surface area contributed by atoms with E-state index in [1.165, 1.54) is 18.2 Å². The Balaban J connectivity index is 2.75. The lowest BCUT2D eigenvalue weighted by molar-refractivity contribution is 0.522. The summed E-state index contributed by atoms with van der Waals surface area (Å²) in [5.41, 5.74) is 0.273. The van der Waals surface area contributed by atoms with Gasteiger partial charge in [0.1, 0.15) is 4.90 Å². The molecule has 1 atom stereocenters. The van der Waals surface area contributed by atoms with Gasteiger partial charge in [-0.1, -0.05) is 44.2 Å². The molecule has 0 heterocycles. The van der Waals surface area contributed by atoms with Crippen LogP contribution in [0, 0.1) is 11.3 Å². The molecule has 21 heavy (non-hydrogen) atoms. The van der Waals surface area contributed by atoms with Crippen molar-refractivity contribution in [2.24, 2.45) is 0 Å². The van der Waals surface area contributed by atoms with Crippen LogP contribution in [0.5, 0.6) is 0 Å². The van der Waals surface area contributed by atoms with E-state index in [0.717, 1.165) is 32.1 Å². The lowest BCUT2D eigenvalue weighted by atomic mass is 10.1. The van der Waals surface area contributed by atoms with Gasteiger partial charge >= 0.3 is 0 Å². The third-order valence-corrected chi connectivity index (χ3v) is 5.27. The Kier molecular flexibility index (Phi) is 7.16. The largest absolute Gasteiger partial charge is 0.242 e. The summed E-state index contributed by atoms with van der Waals surface area (Å²) in [7, 11) is -3.70. The second-order valence-corrected chi connectivity index (χ2v) is 7.22. The summed E-state index contributed by atoms with van der Waals surface area (Å²) in [4.78, 5) is -0.0383. The van der Waals surface area contributed by atoms with E-state index < -0.39 is 10.0 Å². The van der Waals surface area contributed by atoms with E-state index in [-0.39, 0.29) is 21.5 Å². The molecule has 0 spiro atoms. The van der Waals surface area contributed by atoms with Gasteiger partial charge in [0.15, 0.2) is 0 Å². The van der Waals surface area contributed by atoms with Crippen molar-refractivity contribution in [1.82, 2.24) is 4.72 Å². The van der Waals surface area contributed by atoms with Gasteiger partial charge in [-0.2, -0.15) is 5.26 Å². The third-order valence-electron chi connectivity index (χ3n) is 3.20. The molecule has 0 bridgehead atoms. The van der Waals surface area contributed by atoms with E-state index in [9.17, 15) is 8.42 Å². The number of benzene rings is 1. The maximum absolute atomic E-state index is 12.3. The van der Waals surface area contributed by atoms with E-state index in [4.69, 9.17) is 16.9 Å². The van der Waals surface area contributed by atoms with Crippen molar-refractivity contribution in [3.63, 3.8) is 0 Å². The zero-order chi connectivity index (χ0) is 15.9. The molecular weight excluding hydrogens is 308 g/mol. The number of sulfonamides is 1. The van der Waals surface area contributed by atoms with Crippen LogP contribution in [0.25, 0.3) is 0 Å². The molecule has 116 valence electrons. The second-order valence-electron chi connectivity index (χ2n) is 5.13. The minimum Gasteiger partial charge on any atom is -0.208 e. The number of nitrogens with zero attached hydrogens (tertiary/aromatic N) is 1. The third kappa shape index (κ3) is 5.66. The van der Waals surface area contributed by atoms with Crippen LogP contribution >= 0.6 is 11.6 Å². The number of unbranched alkanes of at least 4 members (excludes halogenated alkanes) is 3. The fourth-order valence-electron chi connectivity index (χ4n) is 2.04. The van der Waals surface area contributed by atoms with Crippen LogP contribution in [-0.2, 0) is 10.0 Å². The number of hydrogen-bond donors (Lipinski definition) is 1. The number of halogens is 1. The van der Waals surface area contributed by atoms with Gasteiger partial charge in [0.05, 0.1) is 16.7 Å². The predicted octanol–water partition coefficient (Wildman–Crippen LogP) is 3.85. The van der Waals surface area contributed by atoms with E-state index >= 15 is 0 Å². The van der Waals surface area contributed by atoms with E-state index in [1.54, 1.807) is 0 Å². The molecule has 0 radical (unpaired) electrons. The van der Waals surface area contributed by atoms with Crippen LogP contribution in [0.1, 0.15) is 51.5 Å². The Labute approximate surface area is 132 Å². The molecule has 0 aliphatic carbocycles. The van der Waals surface area contributed by atoms with Gasteiger partial charge in [-0.15, -0.1) is 0 Å². The number of hydrogen-bond acceptors (Lipinski definition) is 3. The molecular formula is C15H21ClN2O2S. The van der Waals surface area contributed by atoms with Gasteiger partial charge in [0.25, 0.3) is 0 Å². The van der Waals surface area contributed by atoms with Gasteiger partial charge in [-0.25, -0.2) is 13.1 Å². The Morgan fingerprint density at radius 3 is 2.67 bits per heavy atom. The second kappa shape index (κ2) is 8.38. The molecule has 1 rings (SSSR count). The minimum atomic E-state index is -3.70. The van der Waals surface area contributed by atoms with Crippen LogP contribution in [0.4, 0.5) is 0 Å². The van der Waals surface area contributed by atoms with Crippen LogP contribution in [0.15, 0.2) is 23.1 Å². The Bertz CT molecular complexity index is 609. The Morgan fingerprint density at radius 1 is 1.33 bits per heavy atom. The maximum atomic E-state index is 12.3. The molecule has 0 saturated carbocycles. The van der Waals surface area contributed by atoms with Crippen molar-refractivity contribution < 1.29 is 8.42 Å². The first-order chi connectivity index (χ1) is 9.90. The number of nitriles is 1. The van der Waals surface area contributed by atoms with Gasteiger partial charge < -0.3 is 0 Å². The van der Waals surface area contributed by atoms with E-state index in [2.05, 4.69) is 11.6 Å². The van der Waals surface area contributed by atoms with Crippen LogP contribution in [0.2, 0.25) is 5.02 Å². The zero-order valence-corrected chi connectivity index (χ0v) is 14.0. The average molecular weight is 329 g/mol. The van der Waals surface area contributed by atoms with Gasteiger partial charge in [-0.3, -0.25) is 0 Å². The highest BCUT2D eigenvalue weighted by molar-refractivity contribution is 7.89. The van der Waals surface area contributed by atoms with Crippen molar-refractivity contribution in [3.8, 4) is 6.07 Å². The first kappa shape index (κ1) is 18.0. The first-order valence-electron chi connectivity index (χ1n) is 7.12. The van der Waals surface area contributed by atoms with Gasteiger partial charge in [0.2, 0.25) is 10.0 Å². The summed E-state index contributed by atoms with van der Waals surface area (Å²) in [5.74, 6) is 0. The summed E-state index contributed by atoms with van der Waals surface area (Å²) in [6.45, 7) is 3.97. The summed E-state index contributed by atoms with van der Waals surface area (Å²) in [6, 6.07) is 5.99. The Hall–Kier alpha value is -1.09. The fourth-order valence-corrected chi connectivity index (χ4v) is 3.85. The highest BCUT2D eigenvalue weighted by Crippen LogP contribution is 2.23. The molecule has 0 aromatic heterocycles. The van der Waals surface area contributed by atoms with Crippen molar-refractivity contribution >= 4 is 21.6 Å². The Morgan fingerprint density at radius 2 is 2.05 bits per heavy atom. The van der Waals surface area contributed by atoms with Crippen molar-refractivity contribution in [1.29, 1.82) is 5.26 Å². The topological polar surface area (TPSA) is 70.0 Å². The van der Waals surface area contributed by atoms with E-state index in [1.807, 2.05) is 13.0 Å².